The van der Waals surface area contributed by atoms with Gasteiger partial charge in [0.2, 0.25) is 0 Å². The van der Waals surface area contributed by atoms with Gasteiger partial charge in [-0.3, -0.25) is 9.69 Å². The number of carbonyl (C=O) groups is 1. The van der Waals surface area contributed by atoms with E-state index in [0.717, 1.165) is 23.5 Å². The minimum absolute atomic E-state index is 0.213. The quantitative estimate of drug-likeness (QED) is 0.910. The number of thiazole rings is 1. The minimum atomic E-state index is -1.01. The Bertz CT molecular complexity index is 727. The number of rotatable bonds is 4. The van der Waals surface area contributed by atoms with E-state index in [1.807, 2.05) is 11.8 Å². The van der Waals surface area contributed by atoms with Crippen molar-refractivity contribution in [2.45, 2.75) is 38.6 Å². The highest BCUT2D eigenvalue weighted by Gasteiger charge is 2.34. The fourth-order valence-electron chi connectivity index (χ4n) is 3.30. The van der Waals surface area contributed by atoms with Gasteiger partial charge in [-0.2, -0.15) is 0 Å². The molecule has 0 aliphatic carbocycles. The van der Waals surface area contributed by atoms with Gasteiger partial charge in [0.25, 0.3) is 0 Å². The Morgan fingerprint density at radius 1 is 1.42 bits per heavy atom. The normalized spacial score (nSPS) is 20.0. The number of aromatic nitrogens is 1. The molecule has 1 aromatic heterocycles. The zero-order valence-corrected chi connectivity index (χ0v) is 14.6. The molecule has 2 atom stereocenters. The molecule has 2 heterocycles. The lowest BCUT2D eigenvalue weighted by molar-refractivity contribution is -0.144. The topological polar surface area (TPSA) is 53.4 Å². The fourth-order valence-corrected chi connectivity index (χ4v) is 4.35. The lowest BCUT2D eigenvalue weighted by Gasteiger charge is -2.36. The zero-order chi connectivity index (χ0) is 17.3. The van der Waals surface area contributed by atoms with Gasteiger partial charge in [-0.1, -0.05) is 18.2 Å². The molecule has 0 bridgehead atoms. The predicted molar refractivity (Wildman–Crippen MR) is 91.9 cm³/mol. The Hall–Kier alpha value is -1.79. The number of benzene rings is 1. The van der Waals surface area contributed by atoms with Crippen LogP contribution in [0.4, 0.5) is 4.39 Å². The van der Waals surface area contributed by atoms with Crippen LogP contribution in [0.15, 0.2) is 24.3 Å². The molecular formula is C18H21FN2O2S. The van der Waals surface area contributed by atoms with Gasteiger partial charge >= 0.3 is 5.97 Å². The first kappa shape index (κ1) is 17.0. The molecule has 1 aromatic carbocycles. The van der Waals surface area contributed by atoms with Gasteiger partial charge in [-0.25, -0.2) is 9.37 Å². The average molecular weight is 348 g/mol. The highest BCUT2D eigenvalue weighted by Crippen LogP contribution is 2.35. The van der Waals surface area contributed by atoms with Crippen LogP contribution in [0.1, 0.15) is 45.9 Å². The molecule has 128 valence electrons. The fraction of sp³-hybridized carbons (Fsp3) is 0.444. The van der Waals surface area contributed by atoms with Gasteiger partial charge in [0, 0.05) is 22.9 Å². The van der Waals surface area contributed by atoms with Crippen molar-refractivity contribution in [3.8, 4) is 0 Å². The molecular weight excluding hydrogens is 327 g/mol. The van der Waals surface area contributed by atoms with Crippen molar-refractivity contribution in [1.29, 1.82) is 0 Å². The lowest BCUT2D eigenvalue weighted by Crippen LogP contribution is -2.41. The third-order valence-corrected chi connectivity index (χ3v) is 5.88. The Labute approximate surface area is 145 Å². The number of likely N-dealkylation sites (tertiary alicyclic amines) is 1. The van der Waals surface area contributed by atoms with Crippen LogP contribution < -0.4 is 0 Å². The van der Waals surface area contributed by atoms with Crippen LogP contribution in [-0.2, 0) is 4.79 Å². The van der Waals surface area contributed by atoms with E-state index in [9.17, 15) is 14.3 Å². The van der Waals surface area contributed by atoms with Crippen molar-refractivity contribution in [1.82, 2.24) is 9.88 Å². The van der Waals surface area contributed by atoms with Gasteiger partial charge in [0.15, 0.2) is 0 Å². The summed E-state index contributed by atoms with van der Waals surface area (Å²) < 4.78 is 14.1. The maximum absolute atomic E-state index is 14.1. The van der Waals surface area contributed by atoms with Crippen molar-refractivity contribution in [3.05, 3.63) is 51.2 Å². The molecule has 4 nitrogen and oxygen atoms in total. The number of carboxylic acid groups (broad SMARTS) is 1. The van der Waals surface area contributed by atoms with Crippen molar-refractivity contribution in [3.63, 3.8) is 0 Å². The van der Waals surface area contributed by atoms with Gasteiger partial charge in [-0.05, 0) is 39.3 Å². The summed E-state index contributed by atoms with van der Waals surface area (Å²) in [4.78, 5) is 19.5. The van der Waals surface area contributed by atoms with Crippen LogP contribution in [0, 0.1) is 19.7 Å². The van der Waals surface area contributed by atoms with Gasteiger partial charge in [0.05, 0.1) is 10.7 Å². The van der Waals surface area contributed by atoms with Crippen LogP contribution >= 0.6 is 11.3 Å². The molecule has 1 aliphatic heterocycles. The molecule has 6 heteroatoms. The monoisotopic (exact) mass is 348 g/mol. The molecule has 1 saturated heterocycles. The molecule has 0 spiro atoms. The number of carboxylic acids is 1. The van der Waals surface area contributed by atoms with E-state index in [4.69, 9.17) is 0 Å². The van der Waals surface area contributed by atoms with E-state index in [1.54, 1.807) is 29.5 Å². The van der Waals surface area contributed by atoms with Crippen molar-refractivity contribution in [2.75, 3.05) is 13.1 Å². The number of hydrogen-bond donors (Lipinski definition) is 1. The van der Waals surface area contributed by atoms with Crippen LogP contribution in [0.3, 0.4) is 0 Å². The van der Waals surface area contributed by atoms with Crippen LogP contribution in [0.2, 0.25) is 0 Å². The maximum Gasteiger partial charge on any atom is 0.325 e. The molecule has 24 heavy (non-hydrogen) atoms. The second-order valence-electron chi connectivity index (χ2n) is 6.29. The summed E-state index contributed by atoms with van der Waals surface area (Å²) in [5.74, 6) is -1.26. The van der Waals surface area contributed by atoms with Gasteiger partial charge < -0.3 is 5.11 Å². The van der Waals surface area contributed by atoms with Crippen LogP contribution in [0.25, 0.3) is 0 Å². The average Bonchev–Trinajstić information content (AvgIpc) is 2.89. The minimum Gasteiger partial charge on any atom is -0.480 e. The molecule has 0 amide bonds. The molecule has 1 fully saturated rings. The van der Waals surface area contributed by atoms with E-state index in [2.05, 4.69) is 11.9 Å². The summed E-state index contributed by atoms with van der Waals surface area (Å²) >= 11 is 1.68. The number of aliphatic carboxylic acids is 1. The molecule has 2 aromatic rings. The third-order valence-electron chi connectivity index (χ3n) is 4.65. The summed E-state index contributed by atoms with van der Waals surface area (Å²) in [6, 6.07) is 5.20. The van der Waals surface area contributed by atoms with Gasteiger partial charge in [0.1, 0.15) is 11.9 Å². The van der Waals surface area contributed by atoms with E-state index >= 15 is 0 Å². The second kappa shape index (κ2) is 6.99. The SMILES string of the molecule is Cc1nc(C2CCCN(C(C(=O)O)c3ccccc3F)C2)sc1C. The summed E-state index contributed by atoms with van der Waals surface area (Å²) in [6.07, 6.45) is 1.88. The molecule has 0 saturated carbocycles. The van der Waals surface area contributed by atoms with Crippen LogP contribution in [-0.4, -0.2) is 34.0 Å². The van der Waals surface area contributed by atoms with E-state index in [0.29, 0.717) is 13.1 Å². The highest BCUT2D eigenvalue weighted by molar-refractivity contribution is 7.11. The molecule has 1 N–H and O–H groups in total. The zero-order valence-electron chi connectivity index (χ0n) is 13.8. The molecule has 1 aliphatic rings. The first-order valence-electron chi connectivity index (χ1n) is 8.12. The van der Waals surface area contributed by atoms with Crippen molar-refractivity contribution in [2.24, 2.45) is 0 Å². The number of hydrogen-bond acceptors (Lipinski definition) is 4. The smallest absolute Gasteiger partial charge is 0.325 e. The first-order valence-corrected chi connectivity index (χ1v) is 8.94. The van der Waals surface area contributed by atoms with E-state index in [-0.39, 0.29) is 11.5 Å². The number of nitrogens with zero attached hydrogens (tertiary/aromatic N) is 2. The number of piperidine rings is 1. The summed E-state index contributed by atoms with van der Waals surface area (Å²) in [7, 11) is 0. The maximum atomic E-state index is 14.1. The van der Waals surface area contributed by atoms with E-state index < -0.39 is 17.8 Å². The highest BCUT2D eigenvalue weighted by atomic mass is 32.1. The van der Waals surface area contributed by atoms with Crippen molar-refractivity contribution >= 4 is 17.3 Å². The Kier molecular flexibility index (Phi) is 4.96. The van der Waals surface area contributed by atoms with Crippen molar-refractivity contribution < 1.29 is 14.3 Å². The lowest BCUT2D eigenvalue weighted by atomic mass is 9.95. The molecule has 2 unspecified atom stereocenters. The summed E-state index contributed by atoms with van der Waals surface area (Å²) in [6.45, 7) is 5.30. The summed E-state index contributed by atoms with van der Waals surface area (Å²) in [5.41, 5.74) is 1.27. The molecule has 3 rings (SSSR count). The Morgan fingerprint density at radius 3 is 2.79 bits per heavy atom. The Morgan fingerprint density at radius 2 is 2.17 bits per heavy atom. The number of aryl methyl sites for hydroxylation is 2. The first-order chi connectivity index (χ1) is 11.5. The Balaban J connectivity index is 1.86. The van der Waals surface area contributed by atoms with Crippen LogP contribution in [0.5, 0.6) is 0 Å². The third kappa shape index (κ3) is 3.35. The largest absolute Gasteiger partial charge is 0.480 e. The molecule has 0 radical (unpaired) electrons. The van der Waals surface area contributed by atoms with Gasteiger partial charge in [-0.15, -0.1) is 11.3 Å². The predicted octanol–water partition coefficient (Wildman–Crippen LogP) is 3.90. The summed E-state index contributed by atoms with van der Waals surface area (Å²) in [5, 5.41) is 10.7. The van der Waals surface area contributed by atoms with E-state index in [1.165, 1.54) is 10.9 Å². The standard InChI is InChI=1S/C18H21FN2O2S/c1-11-12(2)24-17(20-11)13-6-5-9-21(10-13)16(18(22)23)14-7-3-4-8-15(14)19/h3-4,7-8,13,16H,5-6,9-10H2,1-2H3,(H,22,23). The number of halogens is 1. The second-order valence-corrected chi connectivity index (χ2v) is 7.52.